The number of nitrogens with zero attached hydrogens (tertiary/aromatic N) is 2. The molecule has 0 aliphatic heterocycles. The van der Waals surface area contributed by atoms with Crippen molar-refractivity contribution in [3.63, 3.8) is 0 Å². The van der Waals surface area contributed by atoms with Crippen molar-refractivity contribution in [2.24, 2.45) is 11.7 Å². The molecule has 0 saturated heterocycles. The highest BCUT2D eigenvalue weighted by Gasteiger charge is 2.28. The lowest BCUT2D eigenvalue weighted by molar-refractivity contribution is 0.358. The number of nitrogens with two attached hydrogens (primary N) is 1. The first-order chi connectivity index (χ1) is 8.88. The normalized spacial score (nSPS) is 23.4. The highest BCUT2D eigenvalue weighted by molar-refractivity contribution is 5.61. The third kappa shape index (κ3) is 2.06. The van der Waals surface area contributed by atoms with E-state index in [4.69, 9.17) is 5.73 Å². The van der Waals surface area contributed by atoms with Crippen molar-refractivity contribution in [2.45, 2.75) is 25.3 Å². The molecule has 2 N–H and O–H groups in total. The summed E-state index contributed by atoms with van der Waals surface area (Å²) in [6.45, 7) is 0.769. The minimum Gasteiger partial charge on any atom is -0.330 e. The average Bonchev–Trinajstić information content (AvgIpc) is 3.08. The third-order valence-electron chi connectivity index (χ3n) is 3.97. The van der Waals surface area contributed by atoms with Crippen LogP contribution in [-0.4, -0.2) is 16.3 Å². The van der Waals surface area contributed by atoms with Crippen LogP contribution < -0.4 is 5.73 Å². The van der Waals surface area contributed by atoms with Gasteiger partial charge in [0.05, 0.1) is 12.2 Å². The Bertz CT molecular complexity index is 503. The Labute approximate surface area is 108 Å². The summed E-state index contributed by atoms with van der Waals surface area (Å²) in [5, 5.41) is 4.53. The molecule has 2 atom stereocenters. The summed E-state index contributed by atoms with van der Waals surface area (Å²) in [5.41, 5.74) is 8.26. The largest absolute Gasteiger partial charge is 0.330 e. The fraction of sp³-hybridized carbons (Fsp3) is 0.400. The fourth-order valence-corrected chi connectivity index (χ4v) is 2.94. The van der Waals surface area contributed by atoms with E-state index in [0.29, 0.717) is 12.0 Å². The number of hydrogen-bond acceptors (Lipinski definition) is 2. The highest BCUT2D eigenvalue weighted by atomic mass is 15.3. The first kappa shape index (κ1) is 11.5. The Morgan fingerprint density at radius 1 is 1.17 bits per heavy atom. The Morgan fingerprint density at radius 3 is 2.78 bits per heavy atom. The van der Waals surface area contributed by atoms with Crippen LogP contribution >= 0.6 is 0 Å². The average molecular weight is 241 g/mol. The topological polar surface area (TPSA) is 43.8 Å². The van der Waals surface area contributed by atoms with Crippen molar-refractivity contribution in [3.05, 3.63) is 42.7 Å². The summed E-state index contributed by atoms with van der Waals surface area (Å²) in [4.78, 5) is 0. The monoisotopic (exact) mass is 241 g/mol. The van der Waals surface area contributed by atoms with Crippen LogP contribution in [0.3, 0.4) is 0 Å². The van der Waals surface area contributed by atoms with E-state index in [-0.39, 0.29) is 0 Å². The molecule has 0 bridgehead atoms. The van der Waals surface area contributed by atoms with Gasteiger partial charge in [-0.3, -0.25) is 4.68 Å². The van der Waals surface area contributed by atoms with E-state index in [2.05, 4.69) is 40.2 Å². The first-order valence-corrected chi connectivity index (χ1v) is 6.68. The van der Waals surface area contributed by atoms with Crippen molar-refractivity contribution in [1.29, 1.82) is 0 Å². The molecule has 3 heteroatoms. The van der Waals surface area contributed by atoms with Crippen molar-refractivity contribution in [2.75, 3.05) is 6.54 Å². The SMILES string of the molecule is NCC1CCCC1n1cc(-c2ccccc2)cn1. The van der Waals surface area contributed by atoms with Crippen LogP contribution in [0.4, 0.5) is 0 Å². The minimum atomic E-state index is 0.493. The molecule has 2 aromatic rings. The summed E-state index contributed by atoms with van der Waals surface area (Å²) in [6, 6.07) is 10.9. The molecule has 18 heavy (non-hydrogen) atoms. The number of rotatable bonds is 3. The van der Waals surface area contributed by atoms with E-state index in [1.165, 1.54) is 30.4 Å². The van der Waals surface area contributed by atoms with E-state index in [1.807, 2.05) is 12.3 Å². The Kier molecular flexibility index (Phi) is 3.15. The van der Waals surface area contributed by atoms with Crippen molar-refractivity contribution in [3.8, 4) is 11.1 Å². The number of aromatic nitrogens is 2. The minimum absolute atomic E-state index is 0.493. The maximum Gasteiger partial charge on any atom is 0.0568 e. The van der Waals surface area contributed by atoms with Gasteiger partial charge < -0.3 is 5.73 Å². The maximum atomic E-state index is 5.84. The van der Waals surface area contributed by atoms with Gasteiger partial charge in [-0.15, -0.1) is 0 Å². The molecule has 1 aliphatic carbocycles. The molecule has 0 radical (unpaired) electrons. The quantitative estimate of drug-likeness (QED) is 0.898. The van der Waals surface area contributed by atoms with E-state index in [1.54, 1.807) is 0 Å². The van der Waals surface area contributed by atoms with Crippen molar-refractivity contribution < 1.29 is 0 Å². The first-order valence-electron chi connectivity index (χ1n) is 6.68. The van der Waals surface area contributed by atoms with Gasteiger partial charge >= 0.3 is 0 Å². The van der Waals surface area contributed by atoms with Crippen LogP contribution in [0.5, 0.6) is 0 Å². The highest BCUT2D eigenvalue weighted by Crippen LogP contribution is 2.35. The van der Waals surface area contributed by atoms with Gasteiger partial charge in [0.25, 0.3) is 0 Å². The van der Waals surface area contributed by atoms with Gasteiger partial charge in [0.2, 0.25) is 0 Å². The summed E-state index contributed by atoms with van der Waals surface area (Å²) >= 11 is 0. The van der Waals surface area contributed by atoms with Crippen LogP contribution in [0.2, 0.25) is 0 Å². The summed E-state index contributed by atoms with van der Waals surface area (Å²) in [5.74, 6) is 0.591. The van der Waals surface area contributed by atoms with Gasteiger partial charge in [-0.2, -0.15) is 5.10 Å². The molecule has 0 amide bonds. The van der Waals surface area contributed by atoms with Gasteiger partial charge in [0.15, 0.2) is 0 Å². The maximum absolute atomic E-state index is 5.84. The second kappa shape index (κ2) is 4.94. The van der Waals surface area contributed by atoms with Crippen LogP contribution in [0.15, 0.2) is 42.7 Å². The molecular formula is C15H19N3. The molecule has 1 heterocycles. The summed E-state index contributed by atoms with van der Waals surface area (Å²) in [6.07, 6.45) is 7.84. The second-order valence-electron chi connectivity index (χ2n) is 5.07. The lowest BCUT2D eigenvalue weighted by Crippen LogP contribution is -2.21. The second-order valence-corrected chi connectivity index (χ2v) is 5.07. The molecule has 2 unspecified atom stereocenters. The Hall–Kier alpha value is -1.61. The van der Waals surface area contributed by atoms with Crippen LogP contribution in [0.1, 0.15) is 25.3 Å². The molecular weight excluding hydrogens is 222 g/mol. The summed E-state index contributed by atoms with van der Waals surface area (Å²) in [7, 11) is 0. The zero-order valence-corrected chi connectivity index (χ0v) is 10.5. The van der Waals surface area contributed by atoms with Gasteiger partial charge in [0.1, 0.15) is 0 Å². The van der Waals surface area contributed by atoms with E-state index in [0.717, 1.165) is 6.54 Å². The number of benzene rings is 1. The third-order valence-corrected chi connectivity index (χ3v) is 3.97. The predicted molar refractivity (Wildman–Crippen MR) is 73.1 cm³/mol. The standard InChI is InChI=1S/C15H19N3/c16-9-13-7-4-8-15(13)18-11-14(10-17-18)12-5-2-1-3-6-12/h1-3,5-6,10-11,13,15H,4,7-9,16H2. The van der Waals surface area contributed by atoms with E-state index >= 15 is 0 Å². The van der Waals surface area contributed by atoms with Crippen molar-refractivity contribution in [1.82, 2.24) is 9.78 Å². The molecule has 1 fully saturated rings. The molecule has 3 nitrogen and oxygen atoms in total. The van der Waals surface area contributed by atoms with Gasteiger partial charge in [-0.05, 0) is 30.9 Å². The van der Waals surface area contributed by atoms with E-state index in [9.17, 15) is 0 Å². The smallest absolute Gasteiger partial charge is 0.0568 e. The van der Waals surface area contributed by atoms with Gasteiger partial charge in [0, 0.05) is 11.8 Å². The molecule has 94 valence electrons. The lowest BCUT2D eigenvalue weighted by Gasteiger charge is -2.18. The fourth-order valence-electron chi connectivity index (χ4n) is 2.94. The summed E-state index contributed by atoms with van der Waals surface area (Å²) < 4.78 is 2.12. The Balaban J connectivity index is 1.86. The van der Waals surface area contributed by atoms with Crippen LogP contribution in [0, 0.1) is 5.92 Å². The van der Waals surface area contributed by atoms with Crippen LogP contribution in [-0.2, 0) is 0 Å². The molecule has 0 spiro atoms. The van der Waals surface area contributed by atoms with Gasteiger partial charge in [-0.1, -0.05) is 36.8 Å². The molecule has 1 aliphatic rings. The van der Waals surface area contributed by atoms with Gasteiger partial charge in [-0.25, -0.2) is 0 Å². The zero-order chi connectivity index (χ0) is 12.4. The molecule has 3 rings (SSSR count). The molecule has 1 aromatic heterocycles. The van der Waals surface area contributed by atoms with Crippen LogP contribution in [0.25, 0.3) is 11.1 Å². The molecule has 1 aromatic carbocycles. The van der Waals surface area contributed by atoms with Crippen molar-refractivity contribution >= 4 is 0 Å². The zero-order valence-electron chi connectivity index (χ0n) is 10.5. The number of hydrogen-bond donors (Lipinski definition) is 1. The Morgan fingerprint density at radius 2 is 2.00 bits per heavy atom. The lowest BCUT2D eigenvalue weighted by atomic mass is 10.0. The molecule has 1 saturated carbocycles. The predicted octanol–water partition coefficient (Wildman–Crippen LogP) is 2.85. The van der Waals surface area contributed by atoms with E-state index < -0.39 is 0 Å².